The summed E-state index contributed by atoms with van der Waals surface area (Å²) in [6.07, 6.45) is 58.6. The van der Waals surface area contributed by atoms with Gasteiger partial charge in [-0.2, -0.15) is 0 Å². The molecular weight excluding hydrogens is 617 g/mol. The minimum atomic E-state index is -0.665. The van der Waals surface area contributed by atoms with Crippen molar-refractivity contribution in [1.29, 1.82) is 0 Å². The van der Waals surface area contributed by atoms with E-state index >= 15 is 0 Å². The van der Waals surface area contributed by atoms with Gasteiger partial charge in [0.25, 0.3) is 0 Å². The van der Waals surface area contributed by atoms with Gasteiger partial charge in [-0.1, -0.05) is 189 Å². The van der Waals surface area contributed by atoms with Crippen molar-refractivity contribution < 1.29 is 19.4 Å². The first-order valence-corrected chi connectivity index (χ1v) is 20.9. The predicted molar refractivity (Wildman–Crippen MR) is 218 cm³/mol. The lowest BCUT2D eigenvalue weighted by Gasteiger charge is -2.17. The lowest BCUT2D eigenvalue weighted by Crippen LogP contribution is -2.18. The van der Waals surface area contributed by atoms with Crippen molar-refractivity contribution in [2.75, 3.05) is 0 Å². The number of unbranched alkanes of at least 4 members (excludes halogenated alkanes) is 16. The fraction of sp³-hybridized carbons (Fsp3) is 0.696. The van der Waals surface area contributed by atoms with Gasteiger partial charge >= 0.3 is 11.9 Å². The Bertz CT molecular complexity index is 922. The number of hydrogen-bond donors (Lipinski definition) is 1. The van der Waals surface area contributed by atoms with Crippen LogP contribution in [0, 0.1) is 0 Å². The maximum Gasteiger partial charge on any atom is 0.306 e. The molecule has 4 nitrogen and oxygen atoms in total. The van der Waals surface area contributed by atoms with Crippen LogP contribution in [0.2, 0.25) is 0 Å². The van der Waals surface area contributed by atoms with Crippen LogP contribution in [0.1, 0.15) is 200 Å². The predicted octanol–water partition coefficient (Wildman–Crippen LogP) is 14.7. The number of allylic oxidation sites excluding steroid dienone is 12. The number of hydrogen-bond acceptors (Lipinski definition) is 3. The molecule has 1 N–H and O–H groups in total. The largest absolute Gasteiger partial charge is 0.481 e. The number of ether oxygens (including phenoxy) is 1. The zero-order chi connectivity index (χ0) is 36.4. The number of esters is 1. The second-order valence-electron chi connectivity index (χ2n) is 13.8. The van der Waals surface area contributed by atoms with Crippen molar-refractivity contribution in [1.82, 2.24) is 0 Å². The Morgan fingerprint density at radius 3 is 1.20 bits per heavy atom. The van der Waals surface area contributed by atoms with Crippen LogP contribution in [0.25, 0.3) is 0 Å². The minimum Gasteiger partial charge on any atom is -0.481 e. The molecule has 0 spiro atoms. The number of carboxylic acid groups (broad SMARTS) is 1. The van der Waals surface area contributed by atoms with E-state index in [1.54, 1.807) is 0 Å². The first-order valence-electron chi connectivity index (χ1n) is 20.9. The number of carboxylic acids is 1. The third-order valence-corrected chi connectivity index (χ3v) is 8.94. The molecule has 1 atom stereocenters. The highest BCUT2D eigenvalue weighted by Crippen LogP contribution is 2.17. The molecule has 0 aliphatic carbocycles. The Kier molecular flexibility index (Phi) is 38.7. The Balaban J connectivity index is 3.67. The highest BCUT2D eigenvalue weighted by atomic mass is 16.5. The quantitative estimate of drug-likeness (QED) is 0.0399. The van der Waals surface area contributed by atoms with E-state index in [1.807, 2.05) is 0 Å². The van der Waals surface area contributed by atoms with Crippen LogP contribution in [-0.4, -0.2) is 23.1 Å². The molecule has 50 heavy (non-hydrogen) atoms. The van der Waals surface area contributed by atoms with E-state index in [2.05, 4.69) is 86.8 Å². The van der Waals surface area contributed by atoms with Gasteiger partial charge in [0.15, 0.2) is 0 Å². The summed E-state index contributed by atoms with van der Waals surface area (Å²) in [5.74, 6) is -0.714. The number of carbonyl (C=O) groups excluding carboxylic acids is 1. The molecule has 0 saturated carbocycles. The van der Waals surface area contributed by atoms with Crippen LogP contribution < -0.4 is 0 Å². The van der Waals surface area contributed by atoms with Crippen LogP contribution in [0.4, 0.5) is 0 Å². The zero-order valence-electron chi connectivity index (χ0n) is 32.7. The molecule has 0 aromatic rings. The third-order valence-electron chi connectivity index (χ3n) is 8.94. The summed E-state index contributed by atoms with van der Waals surface area (Å²) < 4.78 is 5.85. The van der Waals surface area contributed by atoms with Gasteiger partial charge in [-0.3, -0.25) is 9.59 Å². The second-order valence-corrected chi connectivity index (χ2v) is 13.8. The molecule has 0 aromatic carbocycles. The van der Waals surface area contributed by atoms with Gasteiger partial charge in [0, 0.05) is 12.8 Å². The number of rotatable bonds is 37. The summed E-state index contributed by atoms with van der Waals surface area (Å²) in [6.45, 7) is 4.33. The summed E-state index contributed by atoms with van der Waals surface area (Å²) in [7, 11) is 0. The lowest BCUT2D eigenvalue weighted by atomic mass is 10.0. The summed E-state index contributed by atoms with van der Waals surface area (Å²) in [5, 5.41) is 8.66. The van der Waals surface area contributed by atoms with E-state index in [-0.39, 0.29) is 12.1 Å². The van der Waals surface area contributed by atoms with Gasteiger partial charge < -0.3 is 9.84 Å². The molecular formula is C46H78O4. The van der Waals surface area contributed by atoms with E-state index in [0.717, 1.165) is 83.5 Å². The van der Waals surface area contributed by atoms with Gasteiger partial charge in [-0.25, -0.2) is 0 Å². The smallest absolute Gasteiger partial charge is 0.306 e. The van der Waals surface area contributed by atoms with Gasteiger partial charge in [0.1, 0.15) is 6.10 Å². The van der Waals surface area contributed by atoms with Gasteiger partial charge in [0.05, 0.1) is 0 Å². The van der Waals surface area contributed by atoms with Crippen LogP contribution >= 0.6 is 0 Å². The first kappa shape index (κ1) is 47.4. The molecule has 0 heterocycles. The standard InChI is InChI=1S/C46H78O4/c1-3-5-6-7-8-9-10-11-12-13-14-18-21-24-27-30-33-36-39-43-46(49)50-44(40-4-2)41-37-34-31-28-25-22-19-16-15-17-20-23-26-29-32-35-38-42-45(47)48/h5-6,8-9,11-12,14,18,24,27,33,36,44H,3-4,7,10,13,15-17,19-23,25-26,28-32,34-35,37-43H2,1-2H3,(H,47,48)/b6-5-,9-8-,12-11-,18-14-,27-24-,36-33-. The van der Waals surface area contributed by atoms with Crippen LogP contribution in [0.5, 0.6) is 0 Å². The summed E-state index contributed by atoms with van der Waals surface area (Å²) in [4.78, 5) is 22.9. The Morgan fingerprint density at radius 2 is 0.820 bits per heavy atom. The second kappa shape index (κ2) is 40.8. The fourth-order valence-electron chi connectivity index (χ4n) is 5.97. The van der Waals surface area contributed by atoms with Gasteiger partial charge in [-0.15, -0.1) is 0 Å². The molecule has 0 aliphatic heterocycles. The Labute approximate surface area is 309 Å². The summed E-state index contributed by atoms with van der Waals surface area (Å²) in [5.41, 5.74) is 0. The van der Waals surface area contributed by atoms with Crippen molar-refractivity contribution in [3.8, 4) is 0 Å². The molecule has 0 saturated heterocycles. The molecule has 4 heteroatoms. The maximum atomic E-state index is 12.4. The molecule has 1 unspecified atom stereocenters. The zero-order valence-corrected chi connectivity index (χ0v) is 32.7. The number of aliphatic carboxylic acids is 1. The minimum absolute atomic E-state index is 0.0482. The Morgan fingerprint density at radius 1 is 0.460 bits per heavy atom. The van der Waals surface area contributed by atoms with Crippen molar-refractivity contribution in [3.63, 3.8) is 0 Å². The highest BCUT2D eigenvalue weighted by molar-refractivity contribution is 5.69. The Hall–Kier alpha value is -2.62. The normalized spacial score (nSPS) is 13.0. The molecule has 0 bridgehead atoms. The average molecular weight is 695 g/mol. The van der Waals surface area contributed by atoms with E-state index in [1.165, 1.54) is 89.9 Å². The van der Waals surface area contributed by atoms with Crippen LogP contribution in [0.15, 0.2) is 72.9 Å². The first-order chi connectivity index (χ1) is 24.6. The van der Waals surface area contributed by atoms with Crippen molar-refractivity contribution in [2.45, 2.75) is 206 Å². The topological polar surface area (TPSA) is 63.6 Å². The molecule has 0 rings (SSSR count). The fourth-order valence-corrected chi connectivity index (χ4v) is 5.97. The van der Waals surface area contributed by atoms with Crippen molar-refractivity contribution in [2.24, 2.45) is 0 Å². The van der Waals surface area contributed by atoms with Gasteiger partial charge in [0.2, 0.25) is 0 Å². The number of carbonyl (C=O) groups is 2. The van der Waals surface area contributed by atoms with Crippen LogP contribution in [-0.2, 0) is 14.3 Å². The van der Waals surface area contributed by atoms with E-state index in [9.17, 15) is 9.59 Å². The van der Waals surface area contributed by atoms with E-state index in [0.29, 0.717) is 12.8 Å². The van der Waals surface area contributed by atoms with Crippen LogP contribution in [0.3, 0.4) is 0 Å². The summed E-state index contributed by atoms with van der Waals surface area (Å²) in [6, 6.07) is 0. The lowest BCUT2D eigenvalue weighted by molar-refractivity contribution is -0.149. The molecule has 0 amide bonds. The SMILES string of the molecule is CC/C=C\C/C=C\C/C=C\C/C=C\C/C=C\C/C=C\CCC(=O)OC(CCC)CCCCCCCCCCCCCCCCCCCC(=O)O. The van der Waals surface area contributed by atoms with E-state index in [4.69, 9.17) is 9.84 Å². The molecule has 0 radical (unpaired) electrons. The monoisotopic (exact) mass is 695 g/mol. The molecule has 0 aromatic heterocycles. The third kappa shape index (κ3) is 39.8. The summed E-state index contributed by atoms with van der Waals surface area (Å²) >= 11 is 0. The van der Waals surface area contributed by atoms with Crippen molar-refractivity contribution >= 4 is 11.9 Å². The van der Waals surface area contributed by atoms with Crippen molar-refractivity contribution in [3.05, 3.63) is 72.9 Å². The maximum absolute atomic E-state index is 12.4. The molecule has 0 fully saturated rings. The van der Waals surface area contributed by atoms with E-state index < -0.39 is 5.97 Å². The molecule has 286 valence electrons. The highest BCUT2D eigenvalue weighted by Gasteiger charge is 2.13. The van der Waals surface area contributed by atoms with Gasteiger partial charge in [-0.05, 0) is 70.6 Å². The molecule has 0 aliphatic rings. The average Bonchev–Trinajstić information content (AvgIpc) is 3.10.